The Morgan fingerprint density at radius 1 is 0.667 bits per heavy atom. The Kier molecular flexibility index (Phi) is 2.50. The van der Waals surface area contributed by atoms with Crippen molar-refractivity contribution < 1.29 is 0 Å². The first kappa shape index (κ1) is 11.0. The summed E-state index contributed by atoms with van der Waals surface area (Å²) in [5, 5.41) is 8.34. The maximum Gasteiger partial charge on any atom is 0.507 e. The minimum absolute atomic E-state index is 0.313. The topological polar surface area (TPSA) is 0 Å². The summed E-state index contributed by atoms with van der Waals surface area (Å²) in [7, 11) is 0. The van der Waals surface area contributed by atoms with Crippen molar-refractivity contribution in [2.24, 2.45) is 0 Å². The van der Waals surface area contributed by atoms with E-state index < -0.39 is 0 Å². The highest BCUT2D eigenvalue weighted by Crippen LogP contribution is 2.33. The van der Waals surface area contributed by atoms with Gasteiger partial charge in [0, 0.05) is 0 Å². The fourth-order valence-electron chi connectivity index (χ4n) is 2.91. The number of benzene rings is 4. The highest BCUT2D eigenvalue weighted by molar-refractivity contribution is 9.23. The van der Waals surface area contributed by atoms with Gasteiger partial charge in [0.2, 0.25) is 0 Å². The van der Waals surface area contributed by atoms with Crippen molar-refractivity contribution in [2.45, 2.75) is 0 Å². The van der Waals surface area contributed by atoms with Crippen LogP contribution in [0.25, 0.3) is 32.3 Å². The third kappa shape index (κ3) is 1.43. The molecule has 0 spiro atoms. The van der Waals surface area contributed by atoms with Crippen LogP contribution in [-0.4, -0.2) is 18.2 Å². The predicted molar refractivity (Wildman–Crippen MR) is 84.5 cm³/mol. The Morgan fingerprint density at radius 2 is 1.28 bits per heavy atom. The average molecular weight is 305 g/mol. The van der Waals surface area contributed by atoms with Crippen molar-refractivity contribution in [3.63, 3.8) is 0 Å². The van der Waals surface area contributed by atoms with Gasteiger partial charge in [0.1, 0.15) is 0 Å². The lowest BCUT2D eigenvalue weighted by Crippen LogP contribution is -2.09. The van der Waals surface area contributed by atoms with Gasteiger partial charge in [-0.25, -0.2) is 0 Å². The Morgan fingerprint density at radius 3 is 2.00 bits per heavy atom. The van der Waals surface area contributed by atoms with Crippen LogP contribution >= 0.6 is 12.9 Å². The van der Waals surface area contributed by atoms with Gasteiger partial charge in [0.15, 0.2) is 0 Å². The standard InChI is InChI=1S/C16H9.BrH.Mg/c1-3-11-7-9-13-5-2-6-14-10-8-12(4-1)15(11)16(13)14;;/h1-5,7-10H;1H;/q;;+1/p-1. The van der Waals surface area contributed by atoms with E-state index in [1.165, 1.54) is 36.0 Å². The third-order valence-electron chi connectivity index (χ3n) is 3.76. The summed E-state index contributed by atoms with van der Waals surface area (Å²) in [5.41, 5.74) is 0. The molecular weight excluding hydrogens is 296 g/mol. The molecule has 0 aliphatic carbocycles. The third-order valence-corrected chi connectivity index (χ3v) is 6.48. The molecule has 0 heterocycles. The Hall–Kier alpha value is -0.834. The van der Waals surface area contributed by atoms with Gasteiger partial charge < -0.3 is 0 Å². The maximum absolute atomic E-state index is 3.72. The molecule has 18 heavy (non-hydrogen) atoms. The molecule has 0 nitrogen and oxygen atoms in total. The number of rotatable bonds is 1. The van der Waals surface area contributed by atoms with Gasteiger partial charge in [0.05, 0.1) is 0 Å². The highest BCUT2D eigenvalue weighted by Gasteiger charge is 2.10. The molecule has 0 bridgehead atoms. The van der Waals surface area contributed by atoms with Crippen molar-refractivity contribution in [1.82, 2.24) is 0 Å². The molecular formula is C16H9BrMg. The molecule has 0 saturated heterocycles. The summed E-state index contributed by atoms with van der Waals surface area (Å²) in [4.78, 5) is 0. The molecule has 4 rings (SSSR count). The molecule has 0 saturated carbocycles. The van der Waals surface area contributed by atoms with Gasteiger partial charge in [-0.15, -0.1) is 3.69 Å². The SMILES string of the molecule is [Br][Mg][c]1ccc2ccc3cccc4ccc1c2c34. The van der Waals surface area contributed by atoms with Crippen LogP contribution in [0.15, 0.2) is 54.6 Å². The van der Waals surface area contributed by atoms with E-state index >= 15 is 0 Å². The summed E-state index contributed by atoms with van der Waals surface area (Å²) < 4.78 is 1.50. The second kappa shape index (κ2) is 4.09. The maximum atomic E-state index is 3.72. The smallest absolute Gasteiger partial charge is 0.296 e. The molecule has 0 radical (unpaired) electrons. The van der Waals surface area contributed by atoms with E-state index in [0.29, 0.717) is 0 Å². The molecule has 2 heteroatoms. The van der Waals surface area contributed by atoms with Crippen molar-refractivity contribution in [3.8, 4) is 0 Å². The first-order valence-electron chi connectivity index (χ1n) is 6.10. The predicted octanol–water partition coefficient (Wildman–Crippen LogP) is 4.22. The first-order valence-corrected chi connectivity index (χ1v) is 10.7. The Bertz CT molecular complexity index is 851. The van der Waals surface area contributed by atoms with Crippen LogP contribution in [0, 0.1) is 0 Å². The monoisotopic (exact) mass is 304 g/mol. The number of hydrogen-bond donors (Lipinski definition) is 0. The Labute approximate surface area is 121 Å². The van der Waals surface area contributed by atoms with Crippen LogP contribution in [0.4, 0.5) is 0 Å². The second-order valence-electron chi connectivity index (χ2n) is 4.71. The molecule has 0 fully saturated rings. The zero-order valence-electron chi connectivity index (χ0n) is 9.78. The van der Waals surface area contributed by atoms with E-state index in [2.05, 4.69) is 67.5 Å². The summed E-state index contributed by atoms with van der Waals surface area (Å²) in [5.74, 6) is 0. The number of hydrogen-bond acceptors (Lipinski definition) is 0. The lowest BCUT2D eigenvalue weighted by atomic mass is 9.94. The van der Waals surface area contributed by atoms with Gasteiger partial charge in [-0.3, -0.25) is 12.9 Å². The summed E-state index contributed by atoms with van der Waals surface area (Å²) in [6.45, 7) is 0. The summed E-state index contributed by atoms with van der Waals surface area (Å²) in [6.07, 6.45) is 0. The van der Waals surface area contributed by atoms with Gasteiger partial charge in [0.25, 0.3) is 0 Å². The van der Waals surface area contributed by atoms with E-state index in [-0.39, 0.29) is 18.2 Å². The Balaban J connectivity index is 2.40. The van der Waals surface area contributed by atoms with Crippen LogP contribution in [0.2, 0.25) is 0 Å². The molecule has 4 aromatic carbocycles. The van der Waals surface area contributed by atoms with E-state index in [9.17, 15) is 0 Å². The molecule has 0 aliphatic rings. The number of halogens is 1. The van der Waals surface area contributed by atoms with E-state index in [0.717, 1.165) is 0 Å². The fourth-order valence-corrected chi connectivity index (χ4v) is 5.02. The summed E-state index contributed by atoms with van der Waals surface area (Å²) in [6, 6.07) is 20.1. The van der Waals surface area contributed by atoms with E-state index in [1.807, 2.05) is 0 Å². The summed E-state index contributed by atoms with van der Waals surface area (Å²) >= 11 is 3.41. The van der Waals surface area contributed by atoms with Crippen LogP contribution in [0.3, 0.4) is 0 Å². The minimum atomic E-state index is -0.313. The van der Waals surface area contributed by atoms with Crippen molar-refractivity contribution in [1.29, 1.82) is 0 Å². The molecule has 82 valence electrons. The van der Waals surface area contributed by atoms with Gasteiger partial charge in [-0.1, -0.05) is 54.6 Å². The van der Waals surface area contributed by atoms with Crippen LogP contribution in [0.1, 0.15) is 0 Å². The van der Waals surface area contributed by atoms with Crippen molar-refractivity contribution in [2.75, 3.05) is 0 Å². The highest BCUT2D eigenvalue weighted by atomic mass is 79.9. The molecule has 0 N–H and O–H groups in total. The molecule has 0 aromatic heterocycles. The zero-order valence-corrected chi connectivity index (χ0v) is 12.8. The van der Waals surface area contributed by atoms with Gasteiger partial charge in [-0.05, 0) is 32.3 Å². The van der Waals surface area contributed by atoms with E-state index in [4.69, 9.17) is 0 Å². The molecule has 4 aromatic rings. The first-order chi connectivity index (χ1) is 8.88. The van der Waals surface area contributed by atoms with Crippen LogP contribution in [-0.2, 0) is 0 Å². The minimum Gasteiger partial charge on any atom is -0.296 e. The normalized spacial score (nSPS) is 11.4. The van der Waals surface area contributed by atoms with Crippen LogP contribution < -0.4 is 3.69 Å². The van der Waals surface area contributed by atoms with E-state index in [1.54, 1.807) is 0 Å². The van der Waals surface area contributed by atoms with Gasteiger partial charge in [-0.2, -0.15) is 0 Å². The van der Waals surface area contributed by atoms with Crippen LogP contribution in [0.5, 0.6) is 0 Å². The average Bonchev–Trinajstić information content (AvgIpc) is 2.44. The second-order valence-corrected chi connectivity index (χ2v) is 7.43. The lowest BCUT2D eigenvalue weighted by Gasteiger charge is -2.13. The largest absolute Gasteiger partial charge is 0.507 e. The molecule has 0 amide bonds. The molecule has 0 unspecified atom stereocenters. The molecule has 0 aliphatic heterocycles. The molecule has 0 atom stereocenters. The fraction of sp³-hybridized carbons (Fsp3) is 0. The zero-order chi connectivity index (χ0) is 12.1. The van der Waals surface area contributed by atoms with Crippen molar-refractivity contribution in [3.05, 3.63) is 54.6 Å². The van der Waals surface area contributed by atoms with Gasteiger partial charge >= 0.3 is 18.2 Å². The lowest BCUT2D eigenvalue weighted by molar-refractivity contribution is 1.80. The van der Waals surface area contributed by atoms with Crippen molar-refractivity contribution >= 4 is 67.1 Å². The quantitative estimate of drug-likeness (QED) is 0.365.